The molecule has 0 atom stereocenters. The fourth-order valence-electron chi connectivity index (χ4n) is 5.00. The van der Waals surface area contributed by atoms with E-state index in [1.807, 2.05) is 18.2 Å². The van der Waals surface area contributed by atoms with Crippen molar-refractivity contribution < 1.29 is 42.8 Å². The second kappa shape index (κ2) is 13.9. The lowest BCUT2D eigenvalue weighted by atomic mass is 10.4. The third-order valence-electron chi connectivity index (χ3n) is 6.90. The number of hydrogen-bond donors (Lipinski definition) is 0. The van der Waals surface area contributed by atoms with Crippen LogP contribution in [0.1, 0.15) is 5.89 Å². The minimum Gasteiger partial charge on any atom is -0.417 e. The first-order valence-corrected chi connectivity index (χ1v) is 17.6. The summed E-state index contributed by atoms with van der Waals surface area (Å²) < 4.78 is 46.8. The highest BCUT2D eigenvalue weighted by atomic mass is 35.7. The Morgan fingerprint density at radius 1 is 0.864 bits per heavy atom. The topological polar surface area (TPSA) is 151 Å². The van der Waals surface area contributed by atoms with Gasteiger partial charge in [-0.05, 0) is 36.4 Å². The number of benzene rings is 3. The van der Waals surface area contributed by atoms with E-state index in [2.05, 4.69) is 77.7 Å². The van der Waals surface area contributed by atoms with E-state index in [9.17, 15) is 4.79 Å². The Hall–Kier alpha value is -3.16. The van der Waals surface area contributed by atoms with Crippen molar-refractivity contribution in [2.24, 2.45) is 0 Å². The summed E-state index contributed by atoms with van der Waals surface area (Å²) in [5.74, 6) is 0.974. The van der Waals surface area contributed by atoms with Gasteiger partial charge in [-0.1, -0.05) is 78.6 Å². The van der Waals surface area contributed by atoms with Crippen molar-refractivity contribution >= 4 is 74.8 Å². The summed E-state index contributed by atoms with van der Waals surface area (Å²) in [6, 6.07) is 31.7. The average molecular weight is 672 g/mol. The molecule has 2 aliphatic rings. The molecule has 2 saturated heterocycles. The summed E-state index contributed by atoms with van der Waals surface area (Å²) in [4.78, 5) is 22.3. The van der Waals surface area contributed by atoms with E-state index in [0.29, 0.717) is 41.4 Å². The molecule has 44 heavy (non-hydrogen) atoms. The maximum Gasteiger partial charge on any atom is 0.266 e. The van der Waals surface area contributed by atoms with Gasteiger partial charge in [0, 0.05) is 26.2 Å². The number of rotatable bonds is 6. The SMILES string of the molecule is CN1C(=O)/C(=C\c2nc([P+](c3ccccc3)(c3ccccc3)c3ccccc3)c(N3CCOCC3)o2)SC1=S.[O-][Cl+3]([O-])([O-])[O-]. The van der Waals surface area contributed by atoms with Crippen LogP contribution in [0.2, 0.25) is 0 Å². The molecule has 0 spiro atoms. The van der Waals surface area contributed by atoms with E-state index in [4.69, 9.17) is 45.0 Å². The number of thioether (sulfide) groups is 1. The number of nitrogens with zero attached hydrogens (tertiary/aromatic N) is 3. The molecule has 1 aromatic heterocycles. The quantitative estimate of drug-likeness (QED) is 0.144. The Balaban J connectivity index is 0.000000712. The molecule has 6 rings (SSSR count). The van der Waals surface area contributed by atoms with Crippen LogP contribution in [0.3, 0.4) is 0 Å². The molecule has 228 valence electrons. The molecule has 0 aliphatic carbocycles. The molecule has 0 radical (unpaired) electrons. The molecule has 0 bridgehead atoms. The highest BCUT2D eigenvalue weighted by molar-refractivity contribution is 8.26. The first-order valence-electron chi connectivity index (χ1n) is 13.3. The number of ether oxygens (including phenoxy) is 1. The van der Waals surface area contributed by atoms with Crippen molar-refractivity contribution in [3.05, 3.63) is 102 Å². The van der Waals surface area contributed by atoms with Gasteiger partial charge in [-0.2, -0.15) is 4.98 Å². The number of hydrogen-bond acceptors (Lipinski definition) is 11. The van der Waals surface area contributed by atoms with Gasteiger partial charge in [0.05, 0.1) is 18.1 Å². The van der Waals surface area contributed by atoms with Crippen molar-refractivity contribution in [2.75, 3.05) is 38.3 Å². The normalized spacial score (nSPS) is 16.7. The van der Waals surface area contributed by atoms with Crippen molar-refractivity contribution in [3.63, 3.8) is 0 Å². The molecule has 4 aromatic rings. The standard InChI is InChI=1S/C30H27N3O3PS2.ClHO4/c1-32-28(34)25(39-30(32)38)21-26-31-27(29(36-26)33-17-19-35-20-18-33)37(22-11-5-2-6-12-22,23-13-7-3-8-14-23)24-15-9-4-10-16-24;2-1(3,4)5/h2-16,21H,17-20H2,1H3;(H,2,3,4,5)/q+1;/p-1/b25-21+;. The molecule has 3 heterocycles. The van der Waals surface area contributed by atoms with E-state index in [1.165, 1.54) is 32.6 Å². The summed E-state index contributed by atoms with van der Waals surface area (Å²) in [6.45, 7) is 2.60. The summed E-state index contributed by atoms with van der Waals surface area (Å²) in [5.41, 5.74) is 0.881. The zero-order valence-electron chi connectivity index (χ0n) is 23.4. The lowest BCUT2D eigenvalue weighted by molar-refractivity contribution is -2.00. The number of oxazole rings is 1. The number of halogens is 1. The van der Waals surface area contributed by atoms with Gasteiger partial charge in [0.25, 0.3) is 17.2 Å². The summed E-state index contributed by atoms with van der Waals surface area (Å²) in [5, 5.41) is 3.53. The number of morpholine rings is 1. The Bertz CT molecular complexity index is 1530. The van der Waals surface area contributed by atoms with Gasteiger partial charge in [-0.15, -0.1) is 10.2 Å². The Morgan fingerprint density at radius 2 is 1.32 bits per heavy atom. The lowest BCUT2D eigenvalue weighted by Gasteiger charge is -2.30. The number of carbonyl (C=O) groups excluding carboxylic acids is 1. The number of aromatic nitrogens is 1. The van der Waals surface area contributed by atoms with Gasteiger partial charge < -0.3 is 14.1 Å². The van der Waals surface area contributed by atoms with Crippen molar-refractivity contribution in [3.8, 4) is 0 Å². The monoisotopic (exact) mass is 671 g/mol. The van der Waals surface area contributed by atoms with Gasteiger partial charge in [0.15, 0.2) is 7.26 Å². The van der Waals surface area contributed by atoms with Crippen LogP contribution in [-0.4, -0.2) is 53.5 Å². The molecule has 0 saturated carbocycles. The van der Waals surface area contributed by atoms with Crippen LogP contribution in [0.15, 0.2) is 100 Å². The lowest BCUT2D eigenvalue weighted by Crippen LogP contribution is -2.68. The van der Waals surface area contributed by atoms with Crippen LogP contribution < -0.4 is 44.9 Å². The minimum atomic E-state index is -4.94. The molecule has 0 N–H and O–H groups in total. The molecular formula is C30H27ClN3O7PS2. The Labute approximate surface area is 266 Å². The van der Waals surface area contributed by atoms with Crippen LogP contribution in [0.4, 0.5) is 5.88 Å². The van der Waals surface area contributed by atoms with E-state index in [-0.39, 0.29) is 5.91 Å². The van der Waals surface area contributed by atoms with E-state index in [1.54, 1.807) is 13.1 Å². The third-order valence-corrected chi connectivity index (χ3v) is 12.5. The van der Waals surface area contributed by atoms with Crippen molar-refractivity contribution in [2.45, 2.75) is 0 Å². The van der Waals surface area contributed by atoms with E-state index >= 15 is 0 Å². The average Bonchev–Trinajstić information content (AvgIpc) is 3.55. The van der Waals surface area contributed by atoms with Crippen molar-refractivity contribution in [1.82, 2.24) is 9.88 Å². The molecule has 1 amide bonds. The molecule has 3 aromatic carbocycles. The molecule has 10 nitrogen and oxygen atoms in total. The summed E-state index contributed by atoms with van der Waals surface area (Å²) in [7, 11) is -5.77. The smallest absolute Gasteiger partial charge is 0.266 e. The number of carbonyl (C=O) groups is 1. The van der Waals surface area contributed by atoms with Crippen LogP contribution in [-0.2, 0) is 9.53 Å². The highest BCUT2D eigenvalue weighted by Gasteiger charge is 2.53. The number of likely N-dealkylation sites (N-methyl/N-ethyl adjacent to an activating group) is 1. The predicted molar refractivity (Wildman–Crippen MR) is 165 cm³/mol. The zero-order chi connectivity index (χ0) is 31.3. The molecule has 2 aliphatic heterocycles. The second-order valence-corrected chi connectivity index (χ2v) is 15.3. The van der Waals surface area contributed by atoms with Crippen LogP contribution >= 0.6 is 31.2 Å². The molecule has 14 heteroatoms. The maximum absolute atomic E-state index is 12.8. The number of anilines is 1. The van der Waals surface area contributed by atoms with Crippen molar-refractivity contribution in [1.29, 1.82) is 0 Å². The molecule has 0 unspecified atom stereocenters. The zero-order valence-corrected chi connectivity index (χ0v) is 26.7. The Morgan fingerprint density at radius 3 is 1.73 bits per heavy atom. The number of thiocarbonyl (C=S) groups is 1. The Kier molecular flexibility index (Phi) is 10.2. The molecular weight excluding hydrogens is 645 g/mol. The first kappa shape index (κ1) is 32.2. The second-order valence-electron chi connectivity index (χ2n) is 9.58. The van der Waals surface area contributed by atoms with E-state index < -0.39 is 17.5 Å². The number of amides is 1. The molecule has 2 fully saturated rings. The summed E-state index contributed by atoms with van der Waals surface area (Å²) in [6.07, 6.45) is 1.73. The van der Waals surface area contributed by atoms with Crippen LogP contribution in [0.5, 0.6) is 0 Å². The first-order chi connectivity index (χ1) is 21.1. The third kappa shape index (κ3) is 7.05. The maximum atomic E-state index is 12.8. The highest BCUT2D eigenvalue weighted by Crippen LogP contribution is 2.56. The fourth-order valence-corrected chi connectivity index (χ4v) is 10.4. The predicted octanol–water partition coefficient (Wildman–Crippen LogP) is -0.794. The largest absolute Gasteiger partial charge is 0.417 e. The van der Waals surface area contributed by atoms with Gasteiger partial charge in [-0.25, -0.2) is 18.6 Å². The van der Waals surface area contributed by atoms with Crippen LogP contribution in [0.25, 0.3) is 6.08 Å². The van der Waals surface area contributed by atoms with Gasteiger partial charge in [0.1, 0.15) is 20.2 Å². The van der Waals surface area contributed by atoms with Gasteiger partial charge in [-0.3, -0.25) is 9.69 Å². The van der Waals surface area contributed by atoms with E-state index in [0.717, 1.165) is 11.3 Å². The van der Waals surface area contributed by atoms with Gasteiger partial charge >= 0.3 is 0 Å². The van der Waals surface area contributed by atoms with Gasteiger partial charge in [0.2, 0.25) is 5.89 Å². The van der Waals surface area contributed by atoms with Crippen LogP contribution in [0, 0.1) is 10.2 Å². The fraction of sp³-hybridized carbons (Fsp3) is 0.167. The summed E-state index contributed by atoms with van der Waals surface area (Å²) >= 11 is 6.62. The minimum absolute atomic E-state index is 0.145.